The number of benzene rings is 2. The Morgan fingerprint density at radius 1 is 1.14 bits per heavy atom. The van der Waals surface area contributed by atoms with Crippen LogP contribution < -0.4 is 4.31 Å². The van der Waals surface area contributed by atoms with Crippen LogP contribution in [-0.4, -0.2) is 25.5 Å². The van der Waals surface area contributed by atoms with Gasteiger partial charge in [-0.3, -0.25) is 4.31 Å². The van der Waals surface area contributed by atoms with Crippen LogP contribution in [0.3, 0.4) is 0 Å². The van der Waals surface area contributed by atoms with Crippen LogP contribution >= 0.6 is 12.6 Å². The summed E-state index contributed by atoms with van der Waals surface area (Å²) in [6, 6.07) is 11.7. The number of fused-ring (bicyclic) bond motifs is 1. The largest absolute Gasteiger partial charge is 0.480 e. The van der Waals surface area contributed by atoms with Crippen molar-refractivity contribution in [1.82, 2.24) is 0 Å². The van der Waals surface area contributed by atoms with Gasteiger partial charge in [0.15, 0.2) is 0 Å². The molecule has 0 radical (unpaired) electrons. The molecule has 0 bridgehead atoms. The van der Waals surface area contributed by atoms with Crippen LogP contribution in [0, 0.1) is 0 Å². The summed E-state index contributed by atoms with van der Waals surface area (Å²) in [6.07, 6.45) is 0.162. The Kier molecular flexibility index (Phi) is 3.62. The van der Waals surface area contributed by atoms with E-state index in [9.17, 15) is 18.3 Å². The molecule has 1 atom stereocenters. The second-order valence-electron chi connectivity index (χ2n) is 4.98. The van der Waals surface area contributed by atoms with E-state index in [2.05, 4.69) is 12.6 Å². The van der Waals surface area contributed by atoms with Crippen LogP contribution in [0.1, 0.15) is 5.56 Å². The van der Waals surface area contributed by atoms with Crippen LogP contribution in [-0.2, 0) is 21.2 Å². The number of carboxylic acids is 1. The van der Waals surface area contributed by atoms with Crippen molar-refractivity contribution in [3.8, 4) is 0 Å². The quantitative estimate of drug-likeness (QED) is 0.843. The predicted octanol–water partition coefficient (Wildman–Crippen LogP) is 2.18. The van der Waals surface area contributed by atoms with Gasteiger partial charge in [0.1, 0.15) is 6.04 Å². The molecule has 0 unspecified atom stereocenters. The molecule has 0 saturated carbocycles. The molecule has 1 aliphatic heterocycles. The molecule has 2 aromatic rings. The van der Waals surface area contributed by atoms with Gasteiger partial charge in [0.25, 0.3) is 10.0 Å². The first kappa shape index (κ1) is 14.9. The smallest absolute Gasteiger partial charge is 0.327 e. The number of anilines is 1. The van der Waals surface area contributed by atoms with Gasteiger partial charge in [-0.2, -0.15) is 0 Å². The lowest BCUT2D eigenvalue weighted by molar-refractivity contribution is -0.138. The number of hydrogen-bond acceptors (Lipinski definition) is 4. The molecule has 7 heteroatoms. The highest BCUT2D eigenvalue weighted by Gasteiger charge is 2.42. The summed E-state index contributed by atoms with van der Waals surface area (Å²) >= 11 is 4.13. The first-order valence-electron chi connectivity index (χ1n) is 6.55. The zero-order chi connectivity index (χ0) is 15.9. The lowest BCUT2D eigenvalue weighted by Gasteiger charge is -2.24. The number of aliphatic carboxylic acids is 1. The first-order valence-corrected chi connectivity index (χ1v) is 8.44. The molecule has 1 N–H and O–H groups in total. The maximum absolute atomic E-state index is 12.9. The topological polar surface area (TPSA) is 74.7 Å². The van der Waals surface area contributed by atoms with Gasteiger partial charge >= 0.3 is 5.97 Å². The van der Waals surface area contributed by atoms with Crippen LogP contribution in [0.15, 0.2) is 58.3 Å². The molecule has 0 spiro atoms. The molecule has 0 aromatic heterocycles. The second kappa shape index (κ2) is 5.33. The highest BCUT2D eigenvalue weighted by Crippen LogP contribution is 2.36. The molecule has 2 aromatic carbocycles. The van der Waals surface area contributed by atoms with E-state index in [-0.39, 0.29) is 11.3 Å². The zero-order valence-corrected chi connectivity index (χ0v) is 13.1. The van der Waals surface area contributed by atoms with Crippen LogP contribution in [0.5, 0.6) is 0 Å². The SMILES string of the molecule is O=C(O)[C@H]1Cc2ccccc2N1S(=O)(=O)c1ccc(S)cc1. The maximum atomic E-state index is 12.9. The van der Waals surface area contributed by atoms with E-state index in [0.29, 0.717) is 16.1 Å². The van der Waals surface area contributed by atoms with Crippen LogP contribution in [0.4, 0.5) is 5.69 Å². The number of carbonyl (C=O) groups is 1. The van der Waals surface area contributed by atoms with Crippen LogP contribution in [0.25, 0.3) is 0 Å². The number of sulfonamides is 1. The summed E-state index contributed by atoms with van der Waals surface area (Å²) < 4.78 is 26.7. The Bertz CT molecular complexity index is 831. The van der Waals surface area contributed by atoms with Crippen molar-refractivity contribution in [1.29, 1.82) is 0 Å². The normalized spacial score (nSPS) is 17.3. The third-order valence-electron chi connectivity index (χ3n) is 3.60. The van der Waals surface area contributed by atoms with Gasteiger partial charge in [0.05, 0.1) is 10.6 Å². The summed E-state index contributed by atoms with van der Waals surface area (Å²) in [5.74, 6) is -1.16. The summed E-state index contributed by atoms with van der Waals surface area (Å²) in [6.45, 7) is 0. The number of carboxylic acid groups (broad SMARTS) is 1. The first-order chi connectivity index (χ1) is 10.4. The Morgan fingerprint density at radius 3 is 2.41 bits per heavy atom. The average Bonchev–Trinajstić information content (AvgIpc) is 2.88. The molecule has 1 heterocycles. The van der Waals surface area contributed by atoms with E-state index in [1.54, 1.807) is 36.4 Å². The molecule has 0 amide bonds. The molecule has 0 saturated heterocycles. The lowest BCUT2D eigenvalue weighted by atomic mass is 10.1. The van der Waals surface area contributed by atoms with Gasteiger partial charge in [-0.25, -0.2) is 13.2 Å². The Hall–Kier alpha value is -1.99. The molecule has 0 aliphatic carbocycles. The lowest BCUT2D eigenvalue weighted by Crippen LogP contribution is -2.42. The van der Waals surface area contributed by atoms with E-state index >= 15 is 0 Å². The fourth-order valence-electron chi connectivity index (χ4n) is 2.57. The van der Waals surface area contributed by atoms with Crippen molar-refractivity contribution in [3.05, 3.63) is 54.1 Å². The molecule has 114 valence electrons. The van der Waals surface area contributed by atoms with Gasteiger partial charge < -0.3 is 5.11 Å². The molecule has 3 rings (SSSR count). The number of rotatable bonds is 3. The third-order valence-corrected chi connectivity index (χ3v) is 5.74. The summed E-state index contributed by atoms with van der Waals surface area (Å²) in [7, 11) is -3.94. The minimum absolute atomic E-state index is 0.0493. The van der Waals surface area contributed by atoms with Crippen molar-refractivity contribution in [2.45, 2.75) is 22.3 Å². The number of hydrogen-bond donors (Lipinski definition) is 2. The molecule has 22 heavy (non-hydrogen) atoms. The molecule has 0 fully saturated rings. The van der Waals surface area contributed by atoms with Crippen molar-refractivity contribution in [2.24, 2.45) is 0 Å². The highest BCUT2D eigenvalue weighted by molar-refractivity contribution is 7.93. The van der Waals surface area contributed by atoms with E-state index < -0.39 is 22.0 Å². The minimum atomic E-state index is -3.94. The van der Waals surface area contributed by atoms with Gasteiger partial charge in [0.2, 0.25) is 0 Å². The fraction of sp³-hybridized carbons (Fsp3) is 0.133. The maximum Gasteiger partial charge on any atom is 0.327 e. The van der Waals surface area contributed by atoms with Crippen molar-refractivity contribution in [2.75, 3.05) is 4.31 Å². The number of para-hydroxylation sites is 1. The predicted molar refractivity (Wildman–Crippen MR) is 84.9 cm³/mol. The van der Waals surface area contributed by atoms with Crippen LogP contribution in [0.2, 0.25) is 0 Å². The minimum Gasteiger partial charge on any atom is -0.480 e. The number of thiol groups is 1. The molecule has 1 aliphatic rings. The van der Waals surface area contributed by atoms with E-state index in [1.165, 1.54) is 12.1 Å². The third kappa shape index (κ3) is 2.36. The van der Waals surface area contributed by atoms with Crippen molar-refractivity contribution in [3.63, 3.8) is 0 Å². The summed E-state index contributed by atoms with van der Waals surface area (Å²) in [5.41, 5.74) is 1.13. The summed E-state index contributed by atoms with van der Waals surface area (Å²) in [4.78, 5) is 12.2. The Morgan fingerprint density at radius 2 is 1.77 bits per heavy atom. The average molecular weight is 335 g/mol. The van der Waals surface area contributed by atoms with Gasteiger partial charge in [-0.15, -0.1) is 12.6 Å². The Balaban J connectivity index is 2.14. The molecular formula is C15H13NO4S2. The monoisotopic (exact) mass is 335 g/mol. The van der Waals surface area contributed by atoms with Gasteiger partial charge in [0, 0.05) is 11.3 Å². The fourth-order valence-corrected chi connectivity index (χ4v) is 4.37. The standard InChI is InChI=1S/C15H13NO4S2/c17-15(18)14-9-10-3-1-2-4-13(10)16(14)22(19,20)12-7-5-11(21)6-8-12/h1-8,14,21H,9H2,(H,17,18)/t14-/m1/s1. The van der Waals surface area contributed by atoms with E-state index in [4.69, 9.17) is 0 Å². The summed E-state index contributed by atoms with van der Waals surface area (Å²) in [5, 5.41) is 9.39. The highest BCUT2D eigenvalue weighted by atomic mass is 32.2. The molecule has 5 nitrogen and oxygen atoms in total. The van der Waals surface area contributed by atoms with Gasteiger partial charge in [-0.05, 0) is 35.9 Å². The van der Waals surface area contributed by atoms with Gasteiger partial charge in [-0.1, -0.05) is 18.2 Å². The zero-order valence-electron chi connectivity index (χ0n) is 11.4. The van der Waals surface area contributed by atoms with E-state index in [1.807, 2.05) is 0 Å². The van der Waals surface area contributed by atoms with E-state index in [0.717, 1.165) is 4.31 Å². The van der Waals surface area contributed by atoms with Crippen molar-refractivity contribution < 1.29 is 18.3 Å². The Labute approximate surface area is 133 Å². The molecular weight excluding hydrogens is 322 g/mol. The number of nitrogens with zero attached hydrogens (tertiary/aromatic N) is 1. The van der Waals surface area contributed by atoms with Crippen molar-refractivity contribution >= 4 is 34.3 Å². The second-order valence-corrected chi connectivity index (χ2v) is 7.31.